The van der Waals surface area contributed by atoms with Crippen LogP contribution >= 0.6 is 12.4 Å². The summed E-state index contributed by atoms with van der Waals surface area (Å²) in [6.45, 7) is 1.91. The number of benzene rings is 1. The van der Waals surface area contributed by atoms with Gasteiger partial charge in [-0.1, -0.05) is 12.1 Å². The number of carbonyl (C=O) groups is 1. The predicted octanol–water partition coefficient (Wildman–Crippen LogP) is 2.27. The molecule has 1 aromatic heterocycles. The lowest BCUT2D eigenvalue weighted by molar-refractivity contribution is -0.126. The largest absolute Gasteiger partial charge is 0.439 e. The summed E-state index contributed by atoms with van der Waals surface area (Å²) in [7, 11) is 0. The number of rotatable bonds is 5. The Morgan fingerprint density at radius 2 is 2.17 bits per heavy atom. The molecule has 3 rings (SSSR count). The zero-order chi connectivity index (χ0) is 15.4. The number of halogens is 2. The summed E-state index contributed by atoms with van der Waals surface area (Å²) >= 11 is 0. The molecule has 0 aliphatic carbocycles. The van der Waals surface area contributed by atoms with E-state index in [0.29, 0.717) is 18.2 Å². The van der Waals surface area contributed by atoms with E-state index in [0.717, 1.165) is 18.7 Å². The molecule has 1 amide bonds. The van der Waals surface area contributed by atoms with Crippen molar-refractivity contribution >= 4 is 18.3 Å². The molecule has 0 unspecified atom stereocenters. The summed E-state index contributed by atoms with van der Waals surface area (Å²) in [4.78, 5) is 15.9. The van der Waals surface area contributed by atoms with Gasteiger partial charge in [-0.05, 0) is 17.7 Å². The molecule has 1 aliphatic rings. The Bertz CT molecular complexity index is 663. The van der Waals surface area contributed by atoms with E-state index >= 15 is 0 Å². The third-order valence-electron chi connectivity index (χ3n) is 3.44. The maximum atomic E-state index is 13.1. The predicted molar refractivity (Wildman–Crippen MR) is 86.2 cm³/mol. The number of nitrogens with zero attached hydrogens (tertiary/aromatic N) is 1. The Morgan fingerprint density at radius 3 is 2.78 bits per heavy atom. The second kappa shape index (κ2) is 7.89. The van der Waals surface area contributed by atoms with E-state index in [4.69, 9.17) is 4.74 Å². The minimum absolute atomic E-state index is 0. The lowest BCUT2D eigenvalue weighted by Gasteiger charge is -2.25. The lowest BCUT2D eigenvalue weighted by atomic mass is 10.0. The standard InChI is InChI=1S/C16H16FN3O2.ClH/c17-13-2-1-3-14(6-13)22-15-5-4-11(7-19-15)8-20-16(21)12-9-18-10-12;/h1-7,12,18H,8-10H2,(H,20,21);1H. The lowest BCUT2D eigenvalue weighted by Crippen LogP contribution is -2.50. The fourth-order valence-electron chi connectivity index (χ4n) is 2.03. The Hall–Kier alpha value is -2.18. The van der Waals surface area contributed by atoms with Gasteiger partial charge in [-0.3, -0.25) is 4.79 Å². The maximum Gasteiger partial charge on any atom is 0.225 e. The molecule has 0 spiro atoms. The summed E-state index contributed by atoms with van der Waals surface area (Å²) in [6.07, 6.45) is 1.63. The molecule has 1 aromatic carbocycles. The summed E-state index contributed by atoms with van der Waals surface area (Å²) in [5.41, 5.74) is 0.882. The van der Waals surface area contributed by atoms with Crippen molar-refractivity contribution in [3.63, 3.8) is 0 Å². The number of hydrogen-bond acceptors (Lipinski definition) is 4. The van der Waals surface area contributed by atoms with Crippen molar-refractivity contribution in [2.24, 2.45) is 5.92 Å². The highest BCUT2D eigenvalue weighted by Crippen LogP contribution is 2.20. The van der Waals surface area contributed by atoms with E-state index in [1.807, 2.05) is 6.07 Å². The van der Waals surface area contributed by atoms with E-state index in [-0.39, 0.29) is 30.0 Å². The Labute approximate surface area is 139 Å². The second-order valence-corrected chi connectivity index (χ2v) is 5.14. The Morgan fingerprint density at radius 1 is 1.35 bits per heavy atom. The molecule has 1 saturated heterocycles. The van der Waals surface area contributed by atoms with Crippen LogP contribution in [0.5, 0.6) is 11.6 Å². The van der Waals surface area contributed by atoms with Crippen LogP contribution in [0.15, 0.2) is 42.6 Å². The molecule has 0 bridgehead atoms. The van der Waals surface area contributed by atoms with Crippen molar-refractivity contribution in [1.82, 2.24) is 15.6 Å². The molecule has 23 heavy (non-hydrogen) atoms. The highest BCUT2D eigenvalue weighted by molar-refractivity contribution is 5.85. The minimum Gasteiger partial charge on any atom is -0.439 e. The van der Waals surface area contributed by atoms with Gasteiger partial charge in [0.05, 0.1) is 5.92 Å². The fraction of sp³-hybridized carbons (Fsp3) is 0.250. The second-order valence-electron chi connectivity index (χ2n) is 5.14. The zero-order valence-corrected chi connectivity index (χ0v) is 13.1. The smallest absolute Gasteiger partial charge is 0.225 e. The Kier molecular flexibility index (Phi) is 5.90. The van der Waals surface area contributed by atoms with E-state index < -0.39 is 0 Å². The van der Waals surface area contributed by atoms with E-state index in [9.17, 15) is 9.18 Å². The number of amides is 1. The first-order valence-electron chi connectivity index (χ1n) is 7.07. The van der Waals surface area contributed by atoms with Crippen LogP contribution in [0.25, 0.3) is 0 Å². The number of pyridine rings is 1. The van der Waals surface area contributed by atoms with Crippen molar-refractivity contribution < 1.29 is 13.9 Å². The van der Waals surface area contributed by atoms with Gasteiger partial charge >= 0.3 is 0 Å². The third kappa shape index (κ3) is 4.64. The maximum absolute atomic E-state index is 13.1. The summed E-state index contributed by atoms with van der Waals surface area (Å²) in [5.74, 6) is 0.541. The highest BCUT2D eigenvalue weighted by Gasteiger charge is 2.24. The van der Waals surface area contributed by atoms with Crippen LogP contribution in [0.1, 0.15) is 5.56 Å². The third-order valence-corrected chi connectivity index (χ3v) is 3.44. The number of hydrogen-bond donors (Lipinski definition) is 2. The van der Waals surface area contributed by atoms with Crippen molar-refractivity contribution in [2.75, 3.05) is 13.1 Å². The van der Waals surface area contributed by atoms with Gasteiger partial charge in [0.2, 0.25) is 11.8 Å². The zero-order valence-electron chi connectivity index (χ0n) is 12.3. The molecular formula is C16H17ClFN3O2. The van der Waals surface area contributed by atoms with Crippen LogP contribution in [0.3, 0.4) is 0 Å². The van der Waals surface area contributed by atoms with Gasteiger partial charge in [-0.2, -0.15) is 0 Å². The van der Waals surface area contributed by atoms with Gasteiger partial charge in [0.15, 0.2) is 0 Å². The first-order chi connectivity index (χ1) is 10.7. The SMILES string of the molecule is Cl.O=C(NCc1ccc(Oc2cccc(F)c2)nc1)C1CNC1. The molecule has 2 aromatic rings. The van der Waals surface area contributed by atoms with Crippen molar-refractivity contribution in [1.29, 1.82) is 0 Å². The minimum atomic E-state index is -0.359. The topological polar surface area (TPSA) is 63.2 Å². The normalized spacial score (nSPS) is 13.6. The van der Waals surface area contributed by atoms with Gasteiger partial charge in [0, 0.05) is 38.0 Å². The first-order valence-corrected chi connectivity index (χ1v) is 7.07. The Balaban J connectivity index is 0.00000192. The fourth-order valence-corrected chi connectivity index (χ4v) is 2.03. The van der Waals surface area contributed by atoms with E-state index in [1.54, 1.807) is 24.4 Å². The summed E-state index contributed by atoms with van der Waals surface area (Å²) in [6, 6.07) is 9.39. The first kappa shape index (κ1) is 17.2. The quantitative estimate of drug-likeness (QED) is 0.878. The molecule has 0 saturated carbocycles. The van der Waals surface area contributed by atoms with Crippen molar-refractivity contribution in [3.8, 4) is 11.6 Å². The number of aromatic nitrogens is 1. The van der Waals surface area contributed by atoms with Gasteiger partial charge in [0.25, 0.3) is 0 Å². The molecular weight excluding hydrogens is 321 g/mol. The van der Waals surface area contributed by atoms with Crippen molar-refractivity contribution in [3.05, 3.63) is 54.0 Å². The van der Waals surface area contributed by atoms with Gasteiger partial charge in [0.1, 0.15) is 11.6 Å². The van der Waals surface area contributed by atoms with Crippen LogP contribution in [0.2, 0.25) is 0 Å². The molecule has 2 heterocycles. The summed E-state index contributed by atoms with van der Waals surface area (Å²) < 4.78 is 18.5. The van der Waals surface area contributed by atoms with Gasteiger partial charge in [-0.15, -0.1) is 12.4 Å². The van der Waals surface area contributed by atoms with Crippen LogP contribution in [-0.2, 0) is 11.3 Å². The average molecular weight is 338 g/mol. The van der Waals surface area contributed by atoms with Gasteiger partial charge < -0.3 is 15.4 Å². The van der Waals surface area contributed by atoms with Gasteiger partial charge in [-0.25, -0.2) is 9.37 Å². The molecule has 0 radical (unpaired) electrons. The molecule has 1 aliphatic heterocycles. The number of nitrogens with one attached hydrogen (secondary N) is 2. The van der Waals surface area contributed by atoms with Crippen LogP contribution in [0.4, 0.5) is 4.39 Å². The number of ether oxygens (including phenoxy) is 1. The average Bonchev–Trinajstić information content (AvgIpc) is 2.45. The molecule has 7 heteroatoms. The summed E-state index contributed by atoms with van der Waals surface area (Å²) in [5, 5.41) is 5.93. The van der Waals surface area contributed by atoms with Crippen molar-refractivity contribution in [2.45, 2.75) is 6.54 Å². The van der Waals surface area contributed by atoms with Crippen LogP contribution in [0, 0.1) is 11.7 Å². The highest BCUT2D eigenvalue weighted by atomic mass is 35.5. The van der Waals surface area contributed by atoms with Crippen LogP contribution < -0.4 is 15.4 Å². The molecule has 0 atom stereocenters. The molecule has 1 fully saturated rings. The number of carbonyl (C=O) groups excluding carboxylic acids is 1. The van der Waals surface area contributed by atoms with E-state index in [2.05, 4.69) is 15.6 Å². The van der Waals surface area contributed by atoms with E-state index in [1.165, 1.54) is 12.1 Å². The molecule has 122 valence electrons. The molecule has 2 N–H and O–H groups in total. The molecule has 5 nitrogen and oxygen atoms in total. The van der Waals surface area contributed by atoms with Crippen LogP contribution in [-0.4, -0.2) is 24.0 Å². The monoisotopic (exact) mass is 337 g/mol.